The standard InChI is InChI=1S/C30H45N3O2/c1-2-3-4-5-6-7-8-9-10-11-12-13-14-17-24-33-27-20-16-15-19-26(27)32-29(33)22-23-31-30(34)28-21-18-25-35-28/h15-16,18-21,25H,2-14,17,22-24H2,1H3,(H,31,34). The maximum absolute atomic E-state index is 12.1. The molecule has 0 saturated carbocycles. The number of aryl methyl sites for hydroxylation is 1. The Labute approximate surface area is 211 Å². The van der Waals surface area contributed by atoms with Crippen molar-refractivity contribution in [2.45, 2.75) is 110 Å². The lowest BCUT2D eigenvalue weighted by Gasteiger charge is -2.10. The van der Waals surface area contributed by atoms with Crippen LogP contribution in [0.1, 0.15) is 113 Å². The summed E-state index contributed by atoms with van der Waals surface area (Å²) in [6.45, 7) is 3.81. The van der Waals surface area contributed by atoms with Gasteiger partial charge in [-0.25, -0.2) is 4.98 Å². The number of benzene rings is 1. The summed E-state index contributed by atoms with van der Waals surface area (Å²) in [6, 6.07) is 11.7. The van der Waals surface area contributed by atoms with Crippen molar-refractivity contribution in [3.05, 3.63) is 54.2 Å². The number of carbonyl (C=O) groups excluding carboxylic acids is 1. The van der Waals surface area contributed by atoms with Crippen LogP contribution in [0.3, 0.4) is 0 Å². The molecule has 3 rings (SSSR count). The molecular weight excluding hydrogens is 434 g/mol. The van der Waals surface area contributed by atoms with Crippen LogP contribution in [0.15, 0.2) is 47.1 Å². The predicted octanol–water partition coefficient (Wildman–Crippen LogP) is 8.08. The van der Waals surface area contributed by atoms with Crippen molar-refractivity contribution in [3.63, 3.8) is 0 Å². The van der Waals surface area contributed by atoms with Crippen LogP contribution in [0.25, 0.3) is 11.0 Å². The highest BCUT2D eigenvalue weighted by atomic mass is 16.3. The molecule has 192 valence electrons. The third-order valence-electron chi connectivity index (χ3n) is 6.85. The van der Waals surface area contributed by atoms with Crippen molar-refractivity contribution in [1.82, 2.24) is 14.9 Å². The SMILES string of the molecule is CCCCCCCCCCCCCCCCn1c(CCNC(=O)c2ccco2)nc2ccccc21. The molecule has 0 bridgehead atoms. The maximum atomic E-state index is 12.1. The van der Waals surface area contributed by atoms with Gasteiger partial charge in [0.05, 0.1) is 17.3 Å². The van der Waals surface area contributed by atoms with Gasteiger partial charge in [-0.05, 0) is 30.7 Å². The molecule has 35 heavy (non-hydrogen) atoms. The summed E-state index contributed by atoms with van der Waals surface area (Å²) in [6.07, 6.45) is 21.4. The average molecular weight is 480 g/mol. The monoisotopic (exact) mass is 479 g/mol. The molecule has 1 amide bonds. The molecule has 2 aromatic heterocycles. The van der Waals surface area contributed by atoms with Crippen LogP contribution in [0.4, 0.5) is 0 Å². The number of carbonyl (C=O) groups is 1. The molecule has 0 fully saturated rings. The molecule has 1 N–H and O–H groups in total. The first kappa shape index (κ1) is 27.0. The van der Waals surface area contributed by atoms with Gasteiger partial charge in [-0.2, -0.15) is 0 Å². The molecule has 0 saturated heterocycles. The van der Waals surface area contributed by atoms with Crippen LogP contribution in [-0.2, 0) is 13.0 Å². The van der Waals surface area contributed by atoms with Crippen LogP contribution in [0, 0.1) is 0 Å². The molecule has 0 radical (unpaired) electrons. The molecule has 1 aromatic carbocycles. The first-order valence-electron chi connectivity index (χ1n) is 14.1. The Morgan fingerprint density at radius 1 is 0.829 bits per heavy atom. The number of furan rings is 1. The van der Waals surface area contributed by atoms with Gasteiger partial charge in [0.25, 0.3) is 5.91 Å². The highest BCUT2D eigenvalue weighted by Crippen LogP contribution is 2.18. The summed E-state index contributed by atoms with van der Waals surface area (Å²) in [5, 5.41) is 2.94. The Morgan fingerprint density at radius 3 is 2.09 bits per heavy atom. The van der Waals surface area contributed by atoms with Gasteiger partial charge in [0.15, 0.2) is 5.76 Å². The number of amides is 1. The Bertz CT molecular complexity index is 961. The van der Waals surface area contributed by atoms with E-state index in [1.807, 2.05) is 6.07 Å². The number of para-hydroxylation sites is 2. The van der Waals surface area contributed by atoms with Gasteiger partial charge < -0.3 is 14.3 Å². The van der Waals surface area contributed by atoms with Crippen LogP contribution in [-0.4, -0.2) is 22.0 Å². The largest absolute Gasteiger partial charge is 0.459 e. The molecule has 0 spiro atoms. The van der Waals surface area contributed by atoms with Crippen molar-refractivity contribution in [2.24, 2.45) is 0 Å². The smallest absolute Gasteiger partial charge is 0.286 e. The van der Waals surface area contributed by atoms with Crippen molar-refractivity contribution >= 4 is 16.9 Å². The number of imidazole rings is 1. The summed E-state index contributed by atoms with van der Waals surface area (Å²) in [4.78, 5) is 17.0. The topological polar surface area (TPSA) is 60.1 Å². The Balaban J connectivity index is 1.31. The van der Waals surface area contributed by atoms with Gasteiger partial charge in [0.2, 0.25) is 0 Å². The minimum atomic E-state index is -0.176. The van der Waals surface area contributed by atoms with Crippen LogP contribution in [0.5, 0.6) is 0 Å². The second kappa shape index (κ2) is 16.2. The van der Waals surface area contributed by atoms with Gasteiger partial charge >= 0.3 is 0 Å². The van der Waals surface area contributed by atoms with E-state index < -0.39 is 0 Å². The highest BCUT2D eigenvalue weighted by Gasteiger charge is 2.12. The first-order chi connectivity index (χ1) is 17.3. The Kier molecular flexibility index (Phi) is 12.5. The van der Waals surface area contributed by atoms with E-state index in [4.69, 9.17) is 9.40 Å². The Hall–Kier alpha value is -2.56. The molecule has 0 aliphatic heterocycles. The van der Waals surface area contributed by atoms with Crippen molar-refractivity contribution in [3.8, 4) is 0 Å². The number of rotatable bonds is 19. The number of aromatic nitrogens is 2. The normalized spacial score (nSPS) is 11.3. The van der Waals surface area contributed by atoms with Crippen molar-refractivity contribution in [2.75, 3.05) is 6.54 Å². The molecule has 5 heteroatoms. The number of nitrogens with one attached hydrogen (secondary N) is 1. The lowest BCUT2D eigenvalue weighted by Crippen LogP contribution is -2.26. The molecule has 2 heterocycles. The number of unbranched alkanes of at least 4 members (excludes halogenated alkanes) is 13. The molecule has 0 aliphatic rings. The van der Waals surface area contributed by atoms with Gasteiger partial charge in [-0.3, -0.25) is 4.79 Å². The summed E-state index contributed by atoms with van der Waals surface area (Å²) in [5.74, 6) is 1.21. The third-order valence-corrected chi connectivity index (χ3v) is 6.85. The van der Waals surface area contributed by atoms with Crippen molar-refractivity contribution < 1.29 is 9.21 Å². The predicted molar refractivity (Wildman–Crippen MR) is 145 cm³/mol. The second-order valence-corrected chi connectivity index (χ2v) is 9.75. The number of fused-ring (bicyclic) bond motifs is 1. The van der Waals surface area contributed by atoms with Crippen LogP contribution < -0.4 is 5.32 Å². The van der Waals surface area contributed by atoms with E-state index in [0.717, 1.165) is 17.9 Å². The molecule has 0 aliphatic carbocycles. The lowest BCUT2D eigenvalue weighted by atomic mass is 10.0. The van der Waals surface area contributed by atoms with Crippen LogP contribution in [0.2, 0.25) is 0 Å². The van der Waals surface area contributed by atoms with Gasteiger partial charge in [-0.15, -0.1) is 0 Å². The molecule has 5 nitrogen and oxygen atoms in total. The van der Waals surface area contributed by atoms with Crippen LogP contribution >= 0.6 is 0 Å². The van der Waals surface area contributed by atoms with E-state index in [1.165, 1.54) is 102 Å². The van der Waals surface area contributed by atoms with E-state index >= 15 is 0 Å². The zero-order chi connectivity index (χ0) is 24.6. The third kappa shape index (κ3) is 9.54. The number of hydrogen-bond donors (Lipinski definition) is 1. The van der Waals surface area contributed by atoms with E-state index in [1.54, 1.807) is 12.1 Å². The molecule has 0 atom stereocenters. The van der Waals surface area contributed by atoms with Gasteiger partial charge in [-0.1, -0.05) is 103 Å². The number of hydrogen-bond acceptors (Lipinski definition) is 3. The average Bonchev–Trinajstić information content (AvgIpc) is 3.53. The van der Waals surface area contributed by atoms with E-state index in [9.17, 15) is 4.79 Å². The molecule has 3 aromatic rings. The summed E-state index contributed by atoms with van der Waals surface area (Å²) < 4.78 is 7.51. The fourth-order valence-corrected chi connectivity index (χ4v) is 4.81. The van der Waals surface area contributed by atoms with E-state index in [-0.39, 0.29) is 5.91 Å². The molecule has 0 unspecified atom stereocenters. The highest BCUT2D eigenvalue weighted by molar-refractivity contribution is 5.91. The maximum Gasteiger partial charge on any atom is 0.286 e. The first-order valence-corrected chi connectivity index (χ1v) is 14.1. The lowest BCUT2D eigenvalue weighted by molar-refractivity contribution is 0.0926. The van der Waals surface area contributed by atoms with Crippen molar-refractivity contribution in [1.29, 1.82) is 0 Å². The number of nitrogens with zero attached hydrogens (tertiary/aromatic N) is 2. The zero-order valence-electron chi connectivity index (χ0n) is 21.8. The molecular formula is C30H45N3O2. The summed E-state index contributed by atoms with van der Waals surface area (Å²) in [7, 11) is 0. The fraction of sp³-hybridized carbons (Fsp3) is 0.600. The quantitative estimate of drug-likeness (QED) is 0.177. The Morgan fingerprint density at radius 2 is 1.46 bits per heavy atom. The zero-order valence-corrected chi connectivity index (χ0v) is 21.8. The van der Waals surface area contributed by atoms with Gasteiger partial charge in [0.1, 0.15) is 5.82 Å². The van der Waals surface area contributed by atoms with Gasteiger partial charge in [0, 0.05) is 19.5 Å². The van der Waals surface area contributed by atoms with E-state index in [0.29, 0.717) is 18.7 Å². The second-order valence-electron chi connectivity index (χ2n) is 9.75. The summed E-state index contributed by atoms with van der Waals surface area (Å²) in [5.41, 5.74) is 2.22. The van der Waals surface area contributed by atoms with E-state index in [2.05, 4.69) is 35.0 Å². The minimum Gasteiger partial charge on any atom is -0.459 e. The fourth-order valence-electron chi connectivity index (χ4n) is 4.81. The summed E-state index contributed by atoms with van der Waals surface area (Å²) >= 11 is 0. The minimum absolute atomic E-state index is 0.176.